The van der Waals surface area contributed by atoms with Crippen molar-refractivity contribution in [3.05, 3.63) is 0 Å². The summed E-state index contributed by atoms with van der Waals surface area (Å²) in [6.07, 6.45) is 19.5. The van der Waals surface area contributed by atoms with Crippen LogP contribution in [0.25, 0.3) is 0 Å². The zero-order chi connectivity index (χ0) is 35.2. The summed E-state index contributed by atoms with van der Waals surface area (Å²) >= 11 is 0. The van der Waals surface area contributed by atoms with E-state index in [0.717, 1.165) is 103 Å². The molecule has 0 aromatic heterocycles. The molecular weight excluding hydrogens is 634 g/mol. The van der Waals surface area contributed by atoms with Gasteiger partial charge in [-0.15, -0.1) is 0 Å². The lowest BCUT2D eigenvalue weighted by Gasteiger charge is -2.25. The summed E-state index contributed by atoms with van der Waals surface area (Å²) in [6.45, 7) is 19.6. The number of hydrogen-bond donors (Lipinski definition) is 0. The van der Waals surface area contributed by atoms with Crippen LogP contribution in [0, 0.1) is 23.7 Å². The van der Waals surface area contributed by atoms with Gasteiger partial charge in [-0.2, -0.15) is 0 Å². The number of hydrogen-bond acceptors (Lipinski definition) is 8. The SMILES string of the molecule is CCCCCC(CC)COP(=O)(OCC(CC)CCCC)OCC(CC)CCCCC(CC)COP(=O)(OCCCC)OCCCC. The van der Waals surface area contributed by atoms with Crippen molar-refractivity contribution in [2.75, 3.05) is 39.6 Å². The molecule has 0 aliphatic carbocycles. The molecule has 0 fully saturated rings. The smallest absolute Gasteiger partial charge is 0.287 e. The summed E-state index contributed by atoms with van der Waals surface area (Å²) < 4.78 is 62.3. The van der Waals surface area contributed by atoms with E-state index in [9.17, 15) is 9.13 Å². The normalized spacial score (nSPS) is 16.2. The third-order valence-corrected chi connectivity index (χ3v) is 12.2. The summed E-state index contributed by atoms with van der Waals surface area (Å²) in [4.78, 5) is 0. The molecule has 0 N–H and O–H groups in total. The summed E-state index contributed by atoms with van der Waals surface area (Å²) in [5, 5.41) is 0. The summed E-state index contributed by atoms with van der Waals surface area (Å²) in [7, 11) is -7.20. The second-order valence-corrected chi connectivity index (χ2v) is 16.8. The first-order valence-electron chi connectivity index (χ1n) is 19.7. The minimum Gasteiger partial charge on any atom is -0.287 e. The molecule has 8 nitrogen and oxygen atoms in total. The summed E-state index contributed by atoms with van der Waals surface area (Å²) in [5.74, 6) is 1.29. The topological polar surface area (TPSA) is 89.5 Å². The fraction of sp³-hybridized carbons (Fsp3) is 1.00. The van der Waals surface area contributed by atoms with Crippen molar-refractivity contribution >= 4 is 15.6 Å². The van der Waals surface area contributed by atoms with Crippen LogP contribution in [0.2, 0.25) is 0 Å². The Balaban J connectivity index is 5.04. The highest BCUT2D eigenvalue weighted by molar-refractivity contribution is 7.48. The van der Waals surface area contributed by atoms with Gasteiger partial charge in [-0.3, -0.25) is 27.1 Å². The molecule has 0 aliphatic heterocycles. The van der Waals surface area contributed by atoms with E-state index in [1.54, 1.807) is 0 Å². The molecule has 0 aromatic carbocycles. The van der Waals surface area contributed by atoms with Crippen molar-refractivity contribution in [2.24, 2.45) is 23.7 Å². The predicted molar refractivity (Wildman–Crippen MR) is 198 cm³/mol. The van der Waals surface area contributed by atoms with Gasteiger partial charge >= 0.3 is 15.6 Å². The van der Waals surface area contributed by atoms with Crippen LogP contribution in [0.3, 0.4) is 0 Å². The minimum atomic E-state index is -3.66. The number of phosphoric ester groups is 2. The highest BCUT2D eigenvalue weighted by Gasteiger charge is 2.31. The van der Waals surface area contributed by atoms with E-state index in [0.29, 0.717) is 51.5 Å². The third-order valence-electron chi connectivity index (χ3n) is 9.33. The highest BCUT2D eigenvalue weighted by atomic mass is 31.2. The van der Waals surface area contributed by atoms with Crippen molar-refractivity contribution in [1.29, 1.82) is 0 Å². The maximum absolute atomic E-state index is 13.9. The quantitative estimate of drug-likeness (QED) is 0.0468. The van der Waals surface area contributed by atoms with Crippen LogP contribution in [0.5, 0.6) is 0 Å². The van der Waals surface area contributed by atoms with Crippen LogP contribution < -0.4 is 0 Å². The lowest BCUT2D eigenvalue weighted by atomic mass is 9.95. The van der Waals surface area contributed by atoms with Gasteiger partial charge in [0.1, 0.15) is 0 Å². The molecule has 0 saturated heterocycles. The molecule has 284 valence electrons. The first-order chi connectivity index (χ1) is 22.7. The van der Waals surface area contributed by atoms with Gasteiger partial charge in [0.2, 0.25) is 0 Å². The van der Waals surface area contributed by atoms with Crippen LogP contribution in [0.15, 0.2) is 0 Å². The Labute approximate surface area is 292 Å². The molecule has 0 amide bonds. The van der Waals surface area contributed by atoms with E-state index in [-0.39, 0.29) is 11.8 Å². The molecule has 47 heavy (non-hydrogen) atoms. The van der Waals surface area contributed by atoms with Gasteiger partial charge in [0, 0.05) is 0 Å². The van der Waals surface area contributed by atoms with E-state index in [1.807, 2.05) is 0 Å². The van der Waals surface area contributed by atoms with Crippen molar-refractivity contribution in [2.45, 2.75) is 177 Å². The second kappa shape index (κ2) is 31.0. The van der Waals surface area contributed by atoms with Crippen molar-refractivity contribution < 1.29 is 36.3 Å². The molecule has 0 aromatic rings. The molecule has 0 heterocycles. The van der Waals surface area contributed by atoms with E-state index in [2.05, 4.69) is 55.4 Å². The van der Waals surface area contributed by atoms with Gasteiger partial charge in [0.25, 0.3) is 0 Å². The standard InChI is InChI=1S/C37H78O8P2/c1-9-17-21-25-35(14-6)32-44-47(39,43-30-34(13-5)24-18-10-2)45-33-37(16-8)27-23-22-26-36(15-7)31-42-46(38,40-28-19-11-3)41-29-20-12-4/h34-37H,9-33H2,1-8H3. The average Bonchev–Trinajstić information content (AvgIpc) is 3.07. The first-order valence-corrected chi connectivity index (χ1v) is 22.7. The molecule has 0 saturated carbocycles. The van der Waals surface area contributed by atoms with Gasteiger partial charge in [-0.25, -0.2) is 9.13 Å². The van der Waals surface area contributed by atoms with Crippen molar-refractivity contribution in [1.82, 2.24) is 0 Å². The zero-order valence-electron chi connectivity index (χ0n) is 32.1. The maximum Gasteiger partial charge on any atom is 0.474 e. The largest absolute Gasteiger partial charge is 0.474 e. The van der Waals surface area contributed by atoms with E-state index in [1.165, 1.54) is 19.3 Å². The van der Waals surface area contributed by atoms with E-state index >= 15 is 0 Å². The Kier molecular flexibility index (Phi) is 31.1. The minimum absolute atomic E-state index is 0.277. The average molecular weight is 713 g/mol. The van der Waals surface area contributed by atoms with Gasteiger partial charge in [-0.05, 0) is 62.2 Å². The Morgan fingerprint density at radius 2 is 0.638 bits per heavy atom. The monoisotopic (exact) mass is 713 g/mol. The predicted octanol–water partition coefficient (Wildman–Crippen LogP) is 13.3. The first kappa shape index (κ1) is 47.2. The van der Waals surface area contributed by atoms with Crippen LogP contribution in [0.1, 0.15) is 177 Å². The van der Waals surface area contributed by atoms with Gasteiger partial charge in [0.05, 0.1) is 39.6 Å². The number of phosphoric acid groups is 2. The molecular formula is C37H78O8P2. The maximum atomic E-state index is 13.9. The Morgan fingerprint density at radius 3 is 0.936 bits per heavy atom. The molecule has 0 bridgehead atoms. The molecule has 5 atom stereocenters. The Hall–Kier alpha value is 0.220. The third kappa shape index (κ3) is 24.9. The molecule has 0 radical (unpaired) electrons. The zero-order valence-corrected chi connectivity index (χ0v) is 33.9. The molecule has 5 unspecified atom stereocenters. The Morgan fingerprint density at radius 1 is 0.362 bits per heavy atom. The van der Waals surface area contributed by atoms with Crippen LogP contribution in [-0.2, 0) is 36.3 Å². The molecule has 0 rings (SSSR count). The Bertz CT molecular complexity index is 769. The molecule has 10 heteroatoms. The van der Waals surface area contributed by atoms with Gasteiger partial charge in [0.15, 0.2) is 0 Å². The fourth-order valence-electron chi connectivity index (χ4n) is 5.31. The fourth-order valence-corrected chi connectivity index (χ4v) is 8.04. The van der Waals surface area contributed by atoms with E-state index in [4.69, 9.17) is 27.1 Å². The molecule has 0 aliphatic rings. The second-order valence-electron chi connectivity index (χ2n) is 13.5. The lowest BCUT2D eigenvalue weighted by Crippen LogP contribution is -2.16. The number of rotatable bonds is 36. The van der Waals surface area contributed by atoms with Crippen LogP contribution in [-0.4, -0.2) is 39.6 Å². The summed E-state index contributed by atoms with van der Waals surface area (Å²) in [5.41, 5.74) is 0. The lowest BCUT2D eigenvalue weighted by molar-refractivity contribution is 0.0728. The van der Waals surface area contributed by atoms with Gasteiger partial charge < -0.3 is 0 Å². The van der Waals surface area contributed by atoms with E-state index < -0.39 is 15.6 Å². The van der Waals surface area contributed by atoms with Crippen LogP contribution in [0.4, 0.5) is 0 Å². The highest BCUT2D eigenvalue weighted by Crippen LogP contribution is 2.52. The van der Waals surface area contributed by atoms with Gasteiger partial charge in [-0.1, -0.05) is 139 Å². The number of unbranched alkanes of at least 4 members (excludes halogenated alkanes) is 6. The molecule has 0 spiro atoms. The van der Waals surface area contributed by atoms with Crippen LogP contribution >= 0.6 is 15.6 Å². The summed E-state index contributed by atoms with van der Waals surface area (Å²) in [6, 6.07) is 0. The van der Waals surface area contributed by atoms with Crippen molar-refractivity contribution in [3.8, 4) is 0 Å². The van der Waals surface area contributed by atoms with Crippen molar-refractivity contribution in [3.63, 3.8) is 0 Å².